The first-order valence-corrected chi connectivity index (χ1v) is 11.1. The maximum absolute atomic E-state index is 13.4. The molecule has 2 heterocycles. The fourth-order valence-electron chi connectivity index (χ4n) is 3.98. The topological polar surface area (TPSA) is 109 Å². The average molecular weight is 430 g/mol. The standard InChI is InChI=1S/C23H18N4O3S/c24-31(29,30)18-13-11-17(12-14-18)27-22(16-9-5-2-6-10-16)19-20(15-7-3-1-4-8-15)25-26-21(19)23(27)28/h1-14,22H,(H,25,26)(H2,24,29,30). The minimum Gasteiger partial charge on any atom is -0.295 e. The Balaban J connectivity index is 1.69. The lowest BCUT2D eigenvalue weighted by Gasteiger charge is -2.26. The molecule has 0 fully saturated rings. The number of nitrogens with two attached hydrogens (primary N) is 1. The lowest BCUT2D eigenvalue weighted by Crippen LogP contribution is -2.29. The van der Waals surface area contributed by atoms with Crippen LogP contribution in [0.3, 0.4) is 0 Å². The molecule has 31 heavy (non-hydrogen) atoms. The van der Waals surface area contributed by atoms with Gasteiger partial charge in [0.15, 0.2) is 0 Å². The molecule has 0 saturated carbocycles. The molecule has 8 heteroatoms. The molecule has 1 unspecified atom stereocenters. The molecule has 5 rings (SSSR count). The van der Waals surface area contributed by atoms with E-state index >= 15 is 0 Å². The van der Waals surface area contributed by atoms with Crippen LogP contribution in [-0.2, 0) is 10.0 Å². The summed E-state index contributed by atoms with van der Waals surface area (Å²) in [5.74, 6) is -0.234. The van der Waals surface area contributed by atoms with Gasteiger partial charge in [0.2, 0.25) is 10.0 Å². The van der Waals surface area contributed by atoms with Crippen LogP contribution >= 0.6 is 0 Å². The van der Waals surface area contributed by atoms with Gasteiger partial charge in [0, 0.05) is 16.8 Å². The van der Waals surface area contributed by atoms with Crippen molar-refractivity contribution in [3.05, 3.63) is 102 Å². The van der Waals surface area contributed by atoms with Crippen LogP contribution in [0.25, 0.3) is 11.3 Å². The van der Waals surface area contributed by atoms with Crippen molar-refractivity contribution in [2.45, 2.75) is 10.9 Å². The molecule has 3 N–H and O–H groups in total. The van der Waals surface area contributed by atoms with Crippen LogP contribution in [0.4, 0.5) is 5.69 Å². The van der Waals surface area contributed by atoms with Crippen molar-refractivity contribution in [1.29, 1.82) is 0 Å². The fraction of sp³-hybridized carbons (Fsp3) is 0.0435. The Morgan fingerprint density at radius 3 is 2.10 bits per heavy atom. The van der Waals surface area contributed by atoms with Gasteiger partial charge in [-0.05, 0) is 29.8 Å². The summed E-state index contributed by atoms with van der Waals surface area (Å²) < 4.78 is 23.3. The van der Waals surface area contributed by atoms with Crippen molar-refractivity contribution in [3.63, 3.8) is 0 Å². The number of hydrogen-bond donors (Lipinski definition) is 2. The number of carbonyl (C=O) groups is 1. The van der Waals surface area contributed by atoms with E-state index in [4.69, 9.17) is 5.14 Å². The highest BCUT2D eigenvalue weighted by Gasteiger charge is 2.43. The van der Waals surface area contributed by atoms with Crippen LogP contribution < -0.4 is 10.0 Å². The molecule has 1 aromatic heterocycles. The van der Waals surface area contributed by atoms with Gasteiger partial charge >= 0.3 is 0 Å². The minimum atomic E-state index is -3.83. The molecule has 0 saturated heterocycles. The summed E-state index contributed by atoms with van der Waals surface area (Å²) >= 11 is 0. The highest BCUT2D eigenvalue weighted by molar-refractivity contribution is 7.89. The molecule has 4 aromatic rings. The van der Waals surface area contributed by atoms with Crippen molar-refractivity contribution in [2.24, 2.45) is 5.14 Å². The number of nitrogens with zero attached hydrogens (tertiary/aromatic N) is 2. The maximum Gasteiger partial charge on any atom is 0.277 e. The first kappa shape index (κ1) is 19.2. The lowest BCUT2D eigenvalue weighted by atomic mass is 9.96. The smallest absolute Gasteiger partial charge is 0.277 e. The third kappa shape index (κ3) is 3.22. The predicted molar refractivity (Wildman–Crippen MR) is 117 cm³/mol. The lowest BCUT2D eigenvalue weighted by molar-refractivity contribution is 0.0988. The van der Waals surface area contributed by atoms with Crippen molar-refractivity contribution in [1.82, 2.24) is 10.2 Å². The number of primary sulfonamides is 1. The zero-order valence-electron chi connectivity index (χ0n) is 16.3. The highest BCUT2D eigenvalue weighted by Crippen LogP contribution is 2.44. The fourth-order valence-corrected chi connectivity index (χ4v) is 4.49. The number of sulfonamides is 1. The summed E-state index contributed by atoms with van der Waals surface area (Å²) in [4.78, 5) is 15.1. The van der Waals surface area contributed by atoms with Crippen LogP contribution in [0.15, 0.2) is 89.8 Å². The Kier molecular flexibility index (Phi) is 4.46. The summed E-state index contributed by atoms with van der Waals surface area (Å²) in [5, 5.41) is 12.6. The number of hydrogen-bond acceptors (Lipinski definition) is 4. The van der Waals surface area contributed by atoms with Gasteiger partial charge < -0.3 is 0 Å². The largest absolute Gasteiger partial charge is 0.295 e. The second-order valence-electron chi connectivity index (χ2n) is 7.25. The Morgan fingerprint density at radius 1 is 0.871 bits per heavy atom. The molecule has 1 amide bonds. The molecular weight excluding hydrogens is 412 g/mol. The molecule has 0 bridgehead atoms. The SMILES string of the molecule is NS(=O)(=O)c1ccc(N2C(=O)c3[nH]nc(-c4ccccc4)c3C2c2ccccc2)cc1. The zero-order chi connectivity index (χ0) is 21.6. The quantitative estimate of drug-likeness (QED) is 0.517. The van der Waals surface area contributed by atoms with E-state index < -0.39 is 16.1 Å². The van der Waals surface area contributed by atoms with Crippen molar-refractivity contribution in [3.8, 4) is 11.3 Å². The molecular formula is C23H18N4O3S. The number of H-pyrrole nitrogens is 1. The molecule has 1 aliphatic rings. The van der Waals surface area contributed by atoms with Crippen LogP contribution in [0.2, 0.25) is 0 Å². The Morgan fingerprint density at radius 2 is 1.48 bits per heavy atom. The second kappa shape index (κ2) is 7.19. The van der Waals surface area contributed by atoms with E-state index in [1.54, 1.807) is 17.0 Å². The summed E-state index contributed by atoms with van der Waals surface area (Å²) in [6.45, 7) is 0. The van der Waals surface area contributed by atoms with Crippen molar-refractivity contribution in [2.75, 3.05) is 4.90 Å². The summed E-state index contributed by atoms with van der Waals surface area (Å²) in [6, 6.07) is 24.9. The summed E-state index contributed by atoms with van der Waals surface area (Å²) in [7, 11) is -3.83. The van der Waals surface area contributed by atoms with Gasteiger partial charge in [-0.1, -0.05) is 60.7 Å². The molecule has 1 aliphatic heterocycles. The van der Waals surface area contributed by atoms with E-state index in [2.05, 4.69) is 10.2 Å². The van der Waals surface area contributed by atoms with Gasteiger partial charge in [0.1, 0.15) is 5.69 Å². The van der Waals surface area contributed by atoms with E-state index in [0.717, 1.165) is 16.7 Å². The number of benzene rings is 3. The van der Waals surface area contributed by atoms with Gasteiger partial charge in [-0.2, -0.15) is 5.10 Å². The third-order valence-corrected chi connectivity index (χ3v) is 6.30. The van der Waals surface area contributed by atoms with E-state index in [9.17, 15) is 13.2 Å². The second-order valence-corrected chi connectivity index (χ2v) is 8.82. The Labute approximate surface area is 179 Å². The summed E-state index contributed by atoms with van der Waals surface area (Å²) in [5.41, 5.74) is 4.31. The van der Waals surface area contributed by atoms with Crippen LogP contribution in [0.1, 0.15) is 27.7 Å². The number of rotatable bonds is 4. The highest BCUT2D eigenvalue weighted by atomic mass is 32.2. The van der Waals surface area contributed by atoms with Gasteiger partial charge in [-0.15, -0.1) is 0 Å². The van der Waals surface area contributed by atoms with Crippen molar-refractivity contribution < 1.29 is 13.2 Å². The number of amides is 1. The first-order chi connectivity index (χ1) is 14.9. The number of aromatic amines is 1. The summed E-state index contributed by atoms with van der Waals surface area (Å²) in [6.07, 6.45) is 0. The van der Waals surface area contributed by atoms with Crippen LogP contribution in [0.5, 0.6) is 0 Å². The van der Waals surface area contributed by atoms with E-state index in [1.807, 2.05) is 60.7 Å². The Bertz CT molecular complexity index is 1370. The Hall–Kier alpha value is -3.75. The normalized spacial score (nSPS) is 15.8. The van der Waals surface area contributed by atoms with Crippen LogP contribution in [-0.4, -0.2) is 24.5 Å². The number of aromatic nitrogens is 2. The van der Waals surface area contributed by atoms with Gasteiger partial charge in [0.05, 0.1) is 16.6 Å². The van der Waals surface area contributed by atoms with E-state index in [1.165, 1.54) is 12.1 Å². The number of carbonyl (C=O) groups excluding carboxylic acids is 1. The molecule has 154 valence electrons. The zero-order valence-corrected chi connectivity index (χ0v) is 17.1. The van der Waals surface area contributed by atoms with E-state index in [-0.39, 0.29) is 10.8 Å². The maximum atomic E-state index is 13.4. The minimum absolute atomic E-state index is 0.00989. The monoisotopic (exact) mass is 430 g/mol. The van der Waals surface area contributed by atoms with Gasteiger partial charge in [-0.3, -0.25) is 14.8 Å². The van der Waals surface area contributed by atoms with Crippen molar-refractivity contribution >= 4 is 21.6 Å². The number of anilines is 1. The predicted octanol–water partition coefficient (Wildman–Crippen LogP) is 3.47. The van der Waals surface area contributed by atoms with Crippen LogP contribution in [0, 0.1) is 0 Å². The molecule has 0 spiro atoms. The first-order valence-electron chi connectivity index (χ1n) is 9.60. The number of nitrogens with one attached hydrogen (secondary N) is 1. The third-order valence-electron chi connectivity index (χ3n) is 5.37. The molecule has 7 nitrogen and oxygen atoms in total. The number of fused-ring (bicyclic) bond motifs is 1. The molecule has 3 aromatic carbocycles. The van der Waals surface area contributed by atoms with Gasteiger partial charge in [-0.25, -0.2) is 13.6 Å². The average Bonchev–Trinajstić information content (AvgIpc) is 3.33. The van der Waals surface area contributed by atoms with E-state index in [0.29, 0.717) is 17.1 Å². The molecule has 0 aliphatic carbocycles. The molecule has 0 radical (unpaired) electrons. The van der Waals surface area contributed by atoms with Gasteiger partial charge in [0.25, 0.3) is 5.91 Å². The molecule has 1 atom stereocenters.